The number of nitrogens with zero attached hydrogens (tertiary/aromatic N) is 4. The van der Waals surface area contributed by atoms with Crippen LogP contribution in [0.25, 0.3) is 21.7 Å². The first-order valence-corrected chi connectivity index (χ1v) is 14.4. The third-order valence-corrected chi connectivity index (χ3v) is 7.90. The minimum absolute atomic E-state index is 0.169. The number of piperidine rings is 1. The Morgan fingerprint density at radius 1 is 1.00 bits per heavy atom. The van der Waals surface area contributed by atoms with Gasteiger partial charge in [-0.05, 0) is 66.1 Å². The molecule has 1 amide bonds. The van der Waals surface area contributed by atoms with Crippen LogP contribution in [0.2, 0.25) is 5.02 Å². The lowest BCUT2D eigenvalue weighted by Gasteiger charge is -2.29. The van der Waals surface area contributed by atoms with Crippen LogP contribution in [0.3, 0.4) is 0 Å². The summed E-state index contributed by atoms with van der Waals surface area (Å²) in [6.45, 7) is 2.75. The fraction of sp³-hybridized carbons (Fsp3) is 0.250. The van der Waals surface area contributed by atoms with Crippen molar-refractivity contribution in [3.05, 3.63) is 89.2 Å². The number of hydrogen-bond donors (Lipinski definition) is 2. The summed E-state index contributed by atoms with van der Waals surface area (Å²) in [6.07, 6.45) is 4.65. The number of ether oxygens (including phenoxy) is 2. The molecule has 0 atom stereocenters. The zero-order valence-electron chi connectivity index (χ0n) is 23.3. The van der Waals surface area contributed by atoms with Crippen molar-refractivity contribution in [2.45, 2.75) is 25.5 Å². The smallest absolute Gasteiger partial charge is 0.252 e. The van der Waals surface area contributed by atoms with Crippen LogP contribution < -0.4 is 15.2 Å². The quantitative estimate of drug-likeness (QED) is 0.218. The van der Waals surface area contributed by atoms with Gasteiger partial charge in [0.05, 0.1) is 17.2 Å². The first-order chi connectivity index (χ1) is 20.8. The molecular weight excluding hydrogens is 570 g/mol. The second-order valence-electron chi connectivity index (χ2n) is 10.6. The summed E-state index contributed by atoms with van der Waals surface area (Å²) in [5, 5.41) is 20.6. The highest BCUT2D eigenvalue weighted by Crippen LogP contribution is 2.31. The van der Waals surface area contributed by atoms with Gasteiger partial charge < -0.3 is 29.8 Å². The number of fused-ring (bicyclic) bond motifs is 2. The maximum absolute atomic E-state index is 13.6. The third-order valence-electron chi connectivity index (χ3n) is 7.66. The van der Waals surface area contributed by atoms with Crippen molar-refractivity contribution < 1.29 is 24.2 Å². The van der Waals surface area contributed by atoms with E-state index in [2.05, 4.69) is 15.1 Å². The van der Waals surface area contributed by atoms with Crippen molar-refractivity contribution in [1.29, 1.82) is 0 Å². The van der Waals surface area contributed by atoms with E-state index in [0.29, 0.717) is 28.8 Å². The van der Waals surface area contributed by atoms with Crippen molar-refractivity contribution in [2.24, 2.45) is 5.73 Å². The fourth-order valence-corrected chi connectivity index (χ4v) is 5.56. The topological polar surface area (TPSA) is 133 Å². The van der Waals surface area contributed by atoms with Gasteiger partial charge in [-0.1, -0.05) is 17.7 Å². The SMILES string of the molecule is NC(=O)c1cc2cc(Cl)ccc2cc1OCC(=O)c1cn(CCN2CCC(O)CC2)c2cc(Oc3cccnn3)ccc12. The molecule has 3 N–H and O–H groups in total. The molecule has 1 fully saturated rings. The van der Waals surface area contributed by atoms with Crippen LogP contribution in [0, 0.1) is 0 Å². The molecule has 43 heavy (non-hydrogen) atoms. The van der Waals surface area contributed by atoms with Crippen molar-refractivity contribution in [3.8, 4) is 17.4 Å². The van der Waals surface area contributed by atoms with E-state index in [1.807, 2.05) is 29.0 Å². The number of aromatic nitrogens is 3. The predicted molar refractivity (Wildman–Crippen MR) is 163 cm³/mol. The minimum atomic E-state index is -0.665. The molecule has 220 valence electrons. The Balaban J connectivity index is 1.27. The number of primary amides is 1. The summed E-state index contributed by atoms with van der Waals surface area (Å²) in [7, 11) is 0. The number of likely N-dealkylation sites (tertiary alicyclic amines) is 1. The number of rotatable bonds is 10. The normalized spacial score (nSPS) is 14.3. The predicted octanol–water partition coefficient (Wildman–Crippen LogP) is 4.85. The molecule has 0 saturated carbocycles. The van der Waals surface area contributed by atoms with Crippen molar-refractivity contribution in [3.63, 3.8) is 0 Å². The summed E-state index contributed by atoms with van der Waals surface area (Å²) in [5.41, 5.74) is 7.11. The summed E-state index contributed by atoms with van der Waals surface area (Å²) in [6, 6.07) is 17.6. The Morgan fingerprint density at radius 3 is 2.60 bits per heavy atom. The van der Waals surface area contributed by atoms with Crippen LogP contribution in [0.5, 0.6) is 17.4 Å². The number of carbonyl (C=O) groups is 2. The molecule has 0 radical (unpaired) electrons. The van der Waals surface area contributed by atoms with Gasteiger partial charge in [0, 0.05) is 66.7 Å². The monoisotopic (exact) mass is 599 g/mol. The van der Waals surface area contributed by atoms with Crippen LogP contribution in [0.1, 0.15) is 33.6 Å². The van der Waals surface area contributed by atoms with Gasteiger partial charge in [0.1, 0.15) is 11.5 Å². The molecule has 3 heterocycles. The Bertz CT molecular complexity index is 1800. The number of nitrogens with two attached hydrogens (primary N) is 1. The van der Waals surface area contributed by atoms with Crippen molar-refractivity contribution >= 4 is 45.0 Å². The molecule has 0 bridgehead atoms. The van der Waals surface area contributed by atoms with Crippen LogP contribution in [0.15, 0.2) is 73.1 Å². The standard InChI is InChI=1S/C32H30ClN5O5/c33-22-4-3-20-16-30(26(32(34)41)15-21(20)14-22)42-19-29(40)27-18-38(13-12-37-10-7-23(39)8-11-37)28-17-24(5-6-25(27)28)43-31-2-1-9-35-36-31/h1-6,9,14-18,23,39H,7-8,10-13,19H2,(H2,34,41). The summed E-state index contributed by atoms with van der Waals surface area (Å²) in [4.78, 5) is 28.1. The van der Waals surface area contributed by atoms with Gasteiger partial charge in [-0.2, -0.15) is 5.10 Å². The maximum Gasteiger partial charge on any atom is 0.252 e. The van der Waals surface area contributed by atoms with E-state index in [1.165, 1.54) is 0 Å². The Hall–Kier alpha value is -4.51. The first kappa shape index (κ1) is 28.6. The van der Waals surface area contributed by atoms with E-state index < -0.39 is 5.91 Å². The lowest BCUT2D eigenvalue weighted by molar-refractivity contribution is 0.0811. The number of halogens is 1. The van der Waals surface area contributed by atoms with E-state index >= 15 is 0 Å². The average molecular weight is 600 g/mol. The van der Waals surface area contributed by atoms with Gasteiger partial charge in [-0.15, -0.1) is 5.10 Å². The highest BCUT2D eigenvalue weighted by atomic mass is 35.5. The number of benzene rings is 3. The summed E-state index contributed by atoms with van der Waals surface area (Å²) >= 11 is 6.11. The Morgan fingerprint density at radius 2 is 1.84 bits per heavy atom. The zero-order valence-corrected chi connectivity index (χ0v) is 24.0. The molecule has 1 aliphatic heterocycles. The molecule has 0 unspecified atom stereocenters. The van der Waals surface area contributed by atoms with Crippen LogP contribution >= 0.6 is 11.6 Å². The number of aliphatic hydroxyl groups excluding tert-OH is 1. The van der Waals surface area contributed by atoms with Gasteiger partial charge in [0.15, 0.2) is 6.61 Å². The minimum Gasteiger partial charge on any atom is -0.485 e. The molecule has 10 nitrogen and oxygen atoms in total. The van der Waals surface area contributed by atoms with Gasteiger partial charge >= 0.3 is 0 Å². The second-order valence-corrected chi connectivity index (χ2v) is 11.0. The van der Waals surface area contributed by atoms with Gasteiger partial charge in [-0.3, -0.25) is 9.59 Å². The molecule has 2 aromatic heterocycles. The third kappa shape index (κ3) is 6.46. The first-order valence-electron chi connectivity index (χ1n) is 14.0. The van der Waals surface area contributed by atoms with Crippen molar-refractivity contribution in [1.82, 2.24) is 19.7 Å². The molecule has 1 saturated heterocycles. The Labute approximate surface area is 252 Å². The number of ketones is 1. The van der Waals surface area contributed by atoms with Gasteiger partial charge in [0.2, 0.25) is 11.7 Å². The molecule has 3 aromatic carbocycles. The van der Waals surface area contributed by atoms with Crippen LogP contribution in [-0.4, -0.2) is 68.8 Å². The van der Waals surface area contributed by atoms with E-state index in [-0.39, 0.29) is 29.8 Å². The number of hydrogen-bond acceptors (Lipinski definition) is 8. The van der Waals surface area contributed by atoms with E-state index in [1.54, 1.807) is 48.7 Å². The van der Waals surface area contributed by atoms with E-state index in [0.717, 1.165) is 54.2 Å². The highest BCUT2D eigenvalue weighted by Gasteiger charge is 2.21. The van der Waals surface area contributed by atoms with Gasteiger partial charge in [0.25, 0.3) is 5.91 Å². The van der Waals surface area contributed by atoms with E-state index in [9.17, 15) is 14.7 Å². The Kier molecular flexibility index (Phi) is 8.24. The molecule has 0 spiro atoms. The fourth-order valence-electron chi connectivity index (χ4n) is 5.38. The number of Topliss-reactive ketones (excluding diaryl/α,β-unsaturated/α-hetero) is 1. The molecule has 5 aromatic rings. The molecule has 1 aliphatic rings. The number of carbonyl (C=O) groups excluding carboxylic acids is 2. The van der Waals surface area contributed by atoms with Crippen LogP contribution in [-0.2, 0) is 6.54 Å². The second kappa shape index (κ2) is 12.4. The highest BCUT2D eigenvalue weighted by molar-refractivity contribution is 6.31. The largest absolute Gasteiger partial charge is 0.485 e. The zero-order chi connectivity index (χ0) is 29.9. The van der Waals surface area contributed by atoms with E-state index in [4.69, 9.17) is 26.8 Å². The lowest BCUT2D eigenvalue weighted by Crippen LogP contribution is -2.37. The lowest BCUT2D eigenvalue weighted by atomic mass is 10.1. The molecule has 11 heteroatoms. The number of amides is 1. The van der Waals surface area contributed by atoms with Gasteiger partial charge in [-0.25, -0.2) is 0 Å². The number of aliphatic hydroxyl groups is 1. The molecule has 6 rings (SSSR count). The average Bonchev–Trinajstić information content (AvgIpc) is 3.37. The summed E-state index contributed by atoms with van der Waals surface area (Å²) < 4.78 is 13.9. The molecule has 0 aliphatic carbocycles. The summed E-state index contributed by atoms with van der Waals surface area (Å²) in [5.74, 6) is 0.234. The molecular formula is C32H30ClN5O5. The van der Waals surface area contributed by atoms with Crippen LogP contribution in [0.4, 0.5) is 0 Å². The van der Waals surface area contributed by atoms with Crippen molar-refractivity contribution in [2.75, 3.05) is 26.2 Å². The maximum atomic E-state index is 13.6.